The van der Waals surface area contributed by atoms with Gasteiger partial charge >= 0.3 is 0 Å². The van der Waals surface area contributed by atoms with E-state index in [2.05, 4.69) is 19.2 Å². The third-order valence-electron chi connectivity index (χ3n) is 3.70. The molecule has 0 spiro atoms. The van der Waals surface area contributed by atoms with E-state index in [0.29, 0.717) is 30.2 Å². The summed E-state index contributed by atoms with van der Waals surface area (Å²) in [6, 6.07) is 14.8. The average Bonchev–Trinajstić information content (AvgIpc) is 2.64. The van der Waals surface area contributed by atoms with Gasteiger partial charge in [0.15, 0.2) is 0 Å². The van der Waals surface area contributed by atoms with Crippen LogP contribution in [0.2, 0.25) is 0 Å². The van der Waals surface area contributed by atoms with Gasteiger partial charge in [-0.15, -0.1) is 0 Å². The number of carbonyl (C=O) groups is 1. The van der Waals surface area contributed by atoms with Crippen molar-refractivity contribution in [1.29, 1.82) is 0 Å². The van der Waals surface area contributed by atoms with Crippen LogP contribution in [0.25, 0.3) is 0 Å². The van der Waals surface area contributed by atoms with Crippen LogP contribution in [0.1, 0.15) is 49.9 Å². The number of hydrogen-bond acceptors (Lipinski definition) is 3. The lowest BCUT2D eigenvalue weighted by Crippen LogP contribution is -2.14. The second-order valence-corrected chi connectivity index (χ2v) is 5.88. The van der Waals surface area contributed by atoms with Gasteiger partial charge in [-0.25, -0.2) is 0 Å². The number of amides is 1. The fourth-order valence-corrected chi connectivity index (χ4v) is 2.40. The molecule has 4 nitrogen and oxygen atoms in total. The molecule has 1 amide bonds. The predicted molar refractivity (Wildman–Crippen MR) is 102 cm³/mol. The number of rotatable bonds is 10. The van der Waals surface area contributed by atoms with Gasteiger partial charge in [-0.05, 0) is 37.1 Å². The first-order valence-corrected chi connectivity index (χ1v) is 9.00. The summed E-state index contributed by atoms with van der Waals surface area (Å²) in [7, 11) is 0. The van der Waals surface area contributed by atoms with E-state index in [1.165, 1.54) is 0 Å². The van der Waals surface area contributed by atoms with Gasteiger partial charge in [0.1, 0.15) is 11.5 Å². The minimum atomic E-state index is -0.182. The van der Waals surface area contributed by atoms with Crippen molar-refractivity contribution >= 4 is 11.6 Å². The Kier molecular flexibility index (Phi) is 7.83. The Labute approximate surface area is 150 Å². The third kappa shape index (κ3) is 6.14. The first kappa shape index (κ1) is 18.8. The molecule has 2 rings (SSSR count). The van der Waals surface area contributed by atoms with E-state index < -0.39 is 0 Å². The highest BCUT2D eigenvalue weighted by atomic mass is 16.5. The van der Waals surface area contributed by atoms with Crippen LogP contribution in [0.15, 0.2) is 48.5 Å². The van der Waals surface area contributed by atoms with Crippen molar-refractivity contribution in [1.82, 2.24) is 0 Å². The van der Waals surface area contributed by atoms with Gasteiger partial charge in [0.05, 0.1) is 18.8 Å². The maximum atomic E-state index is 12.6. The van der Waals surface area contributed by atoms with Crippen LogP contribution in [0.4, 0.5) is 5.69 Å². The van der Waals surface area contributed by atoms with Gasteiger partial charge in [0, 0.05) is 11.8 Å². The number of carbonyl (C=O) groups excluding carboxylic acids is 1. The zero-order valence-electron chi connectivity index (χ0n) is 15.1. The lowest BCUT2D eigenvalue weighted by Gasteiger charge is -2.12. The van der Waals surface area contributed by atoms with Crippen molar-refractivity contribution in [2.75, 3.05) is 18.5 Å². The predicted octanol–water partition coefficient (Wildman–Crippen LogP) is 5.30. The Morgan fingerprint density at radius 2 is 1.76 bits per heavy atom. The van der Waals surface area contributed by atoms with E-state index in [0.717, 1.165) is 31.4 Å². The zero-order chi connectivity index (χ0) is 17.9. The van der Waals surface area contributed by atoms with Crippen LogP contribution in [0, 0.1) is 0 Å². The topological polar surface area (TPSA) is 47.6 Å². The van der Waals surface area contributed by atoms with Crippen LogP contribution < -0.4 is 14.8 Å². The minimum absolute atomic E-state index is 0.182. The average molecular weight is 341 g/mol. The molecule has 0 aliphatic rings. The van der Waals surface area contributed by atoms with Gasteiger partial charge in [0.2, 0.25) is 0 Å². The molecule has 0 aliphatic carbocycles. The van der Waals surface area contributed by atoms with Crippen molar-refractivity contribution in [2.24, 2.45) is 0 Å². The van der Waals surface area contributed by atoms with E-state index in [1.54, 1.807) is 6.07 Å². The summed E-state index contributed by atoms with van der Waals surface area (Å²) in [5.74, 6) is 1.19. The summed E-state index contributed by atoms with van der Waals surface area (Å²) in [5.41, 5.74) is 1.25. The number of unbranched alkanes of at least 4 members (excludes halogenated alkanes) is 2. The molecule has 2 aromatic carbocycles. The smallest absolute Gasteiger partial charge is 0.259 e. The highest BCUT2D eigenvalue weighted by Gasteiger charge is 2.12. The molecule has 0 radical (unpaired) electrons. The Balaban J connectivity index is 2.03. The zero-order valence-corrected chi connectivity index (χ0v) is 15.1. The minimum Gasteiger partial charge on any atom is -0.494 e. The van der Waals surface area contributed by atoms with Gasteiger partial charge in [-0.2, -0.15) is 0 Å². The molecule has 4 heteroatoms. The van der Waals surface area contributed by atoms with Crippen LogP contribution >= 0.6 is 0 Å². The Bertz CT molecular complexity index is 670. The summed E-state index contributed by atoms with van der Waals surface area (Å²) in [5, 5.41) is 2.92. The van der Waals surface area contributed by atoms with Crippen molar-refractivity contribution in [3.63, 3.8) is 0 Å². The summed E-state index contributed by atoms with van der Waals surface area (Å²) in [6.07, 6.45) is 4.20. The quantitative estimate of drug-likeness (QED) is 0.597. The maximum absolute atomic E-state index is 12.6. The summed E-state index contributed by atoms with van der Waals surface area (Å²) in [6.45, 7) is 5.49. The lowest BCUT2D eigenvalue weighted by molar-refractivity contribution is 0.102. The molecular weight excluding hydrogens is 314 g/mol. The molecule has 0 aliphatic heterocycles. The van der Waals surface area contributed by atoms with Crippen molar-refractivity contribution in [3.8, 4) is 11.5 Å². The summed E-state index contributed by atoms with van der Waals surface area (Å²) in [4.78, 5) is 12.6. The third-order valence-corrected chi connectivity index (χ3v) is 3.70. The highest BCUT2D eigenvalue weighted by Crippen LogP contribution is 2.22. The van der Waals surface area contributed by atoms with Crippen LogP contribution in [-0.4, -0.2) is 19.1 Å². The van der Waals surface area contributed by atoms with Crippen molar-refractivity contribution in [3.05, 3.63) is 54.1 Å². The van der Waals surface area contributed by atoms with Crippen molar-refractivity contribution in [2.45, 2.75) is 39.5 Å². The molecule has 0 atom stereocenters. The maximum Gasteiger partial charge on any atom is 0.259 e. The lowest BCUT2D eigenvalue weighted by atomic mass is 10.1. The summed E-state index contributed by atoms with van der Waals surface area (Å²) >= 11 is 0. The Hall–Kier alpha value is -2.49. The van der Waals surface area contributed by atoms with Crippen LogP contribution in [-0.2, 0) is 0 Å². The SMILES string of the molecule is CCCCCOc1ccccc1C(=O)Nc1cccc(OCCC)c1. The van der Waals surface area contributed by atoms with E-state index in [4.69, 9.17) is 9.47 Å². The second-order valence-electron chi connectivity index (χ2n) is 5.88. The molecular formula is C21H27NO3. The number of anilines is 1. The molecule has 0 fully saturated rings. The van der Waals surface area contributed by atoms with E-state index in [1.807, 2.05) is 42.5 Å². The fraction of sp³-hybridized carbons (Fsp3) is 0.381. The van der Waals surface area contributed by atoms with E-state index >= 15 is 0 Å². The largest absolute Gasteiger partial charge is 0.494 e. The van der Waals surface area contributed by atoms with Crippen LogP contribution in [0.3, 0.4) is 0 Å². The molecule has 1 N–H and O–H groups in total. The van der Waals surface area contributed by atoms with Crippen LogP contribution in [0.5, 0.6) is 11.5 Å². The van der Waals surface area contributed by atoms with Gasteiger partial charge in [-0.1, -0.05) is 44.9 Å². The molecule has 0 saturated heterocycles. The molecule has 0 saturated carbocycles. The van der Waals surface area contributed by atoms with Gasteiger partial charge < -0.3 is 14.8 Å². The second kappa shape index (κ2) is 10.4. The number of nitrogens with one attached hydrogen (secondary N) is 1. The van der Waals surface area contributed by atoms with Crippen molar-refractivity contribution < 1.29 is 14.3 Å². The number of ether oxygens (including phenoxy) is 2. The highest BCUT2D eigenvalue weighted by molar-refractivity contribution is 6.06. The van der Waals surface area contributed by atoms with E-state index in [9.17, 15) is 4.79 Å². The number of hydrogen-bond donors (Lipinski definition) is 1. The van der Waals surface area contributed by atoms with Gasteiger partial charge in [0.25, 0.3) is 5.91 Å². The molecule has 0 heterocycles. The molecule has 0 aromatic heterocycles. The Morgan fingerprint density at radius 1 is 0.920 bits per heavy atom. The first-order valence-electron chi connectivity index (χ1n) is 9.00. The fourth-order valence-electron chi connectivity index (χ4n) is 2.40. The first-order chi connectivity index (χ1) is 12.2. The standard InChI is InChI=1S/C21H27NO3/c1-3-5-8-15-25-20-13-7-6-12-19(20)21(23)22-17-10-9-11-18(16-17)24-14-4-2/h6-7,9-13,16H,3-5,8,14-15H2,1-2H3,(H,22,23). The van der Waals surface area contributed by atoms with Gasteiger partial charge in [-0.3, -0.25) is 4.79 Å². The summed E-state index contributed by atoms with van der Waals surface area (Å²) < 4.78 is 11.4. The number of benzene rings is 2. The molecule has 134 valence electrons. The molecule has 2 aromatic rings. The Morgan fingerprint density at radius 3 is 2.56 bits per heavy atom. The number of para-hydroxylation sites is 1. The van der Waals surface area contributed by atoms with E-state index in [-0.39, 0.29) is 5.91 Å². The monoisotopic (exact) mass is 341 g/mol. The normalized spacial score (nSPS) is 10.3. The molecule has 25 heavy (non-hydrogen) atoms. The molecule has 0 unspecified atom stereocenters. The molecule has 0 bridgehead atoms.